The molecule has 0 aliphatic rings. The summed E-state index contributed by atoms with van der Waals surface area (Å²) in [4.78, 5) is 22.8. The molecule has 5 nitrogen and oxygen atoms in total. The van der Waals surface area contributed by atoms with Crippen LogP contribution in [-0.4, -0.2) is 25.2 Å². The van der Waals surface area contributed by atoms with Crippen molar-refractivity contribution in [1.29, 1.82) is 0 Å². The normalized spacial score (nSPS) is 11.0. The number of carbonyl (C=O) groups is 2. The van der Waals surface area contributed by atoms with Crippen molar-refractivity contribution in [3.63, 3.8) is 0 Å². The van der Waals surface area contributed by atoms with Gasteiger partial charge in [-0.25, -0.2) is 9.59 Å². The van der Waals surface area contributed by atoms with Crippen LogP contribution < -0.4 is 4.74 Å². The lowest BCUT2D eigenvalue weighted by molar-refractivity contribution is -0.139. The Balaban J connectivity index is 1.59. The molecule has 5 heteroatoms. The summed E-state index contributed by atoms with van der Waals surface area (Å²) in [6.07, 6.45) is 4.89. The van der Waals surface area contributed by atoms with Crippen molar-refractivity contribution >= 4 is 11.9 Å². The molecular formula is C40H42O5. The molecule has 0 aliphatic carbocycles. The van der Waals surface area contributed by atoms with Gasteiger partial charge in [0.2, 0.25) is 0 Å². The minimum Gasteiger partial charge on any atom is -0.494 e. The molecule has 4 rings (SSSR count). The molecule has 0 atom stereocenters. The van der Waals surface area contributed by atoms with Gasteiger partial charge in [0.15, 0.2) is 0 Å². The van der Waals surface area contributed by atoms with Gasteiger partial charge in [0.05, 0.1) is 13.2 Å². The van der Waals surface area contributed by atoms with E-state index in [1.165, 1.54) is 17.7 Å². The zero-order chi connectivity index (χ0) is 32.2. The lowest BCUT2D eigenvalue weighted by Crippen LogP contribution is -2.10. The molecular weight excluding hydrogens is 560 g/mol. The van der Waals surface area contributed by atoms with Crippen LogP contribution >= 0.6 is 0 Å². The van der Waals surface area contributed by atoms with Gasteiger partial charge in [-0.3, -0.25) is 0 Å². The SMILES string of the molecule is C=CC(=O)OCCCc1ccc(-c2cc(-c3ccc(COC(=O)C=C)cc3)cc(-c3ccc(OCCC(C)(C)C)cc3)c2)cc1. The molecule has 0 unspecified atom stereocenters. The summed E-state index contributed by atoms with van der Waals surface area (Å²) < 4.78 is 16.3. The van der Waals surface area contributed by atoms with Gasteiger partial charge in [-0.2, -0.15) is 0 Å². The van der Waals surface area contributed by atoms with Gasteiger partial charge in [0.1, 0.15) is 12.4 Å². The van der Waals surface area contributed by atoms with Crippen LogP contribution in [0.25, 0.3) is 33.4 Å². The van der Waals surface area contributed by atoms with E-state index in [0.29, 0.717) is 13.2 Å². The monoisotopic (exact) mass is 602 g/mol. The van der Waals surface area contributed by atoms with Crippen LogP contribution in [0.5, 0.6) is 5.75 Å². The molecule has 0 N–H and O–H groups in total. The number of hydrogen-bond acceptors (Lipinski definition) is 5. The number of aryl methyl sites for hydroxylation is 1. The molecule has 0 bridgehead atoms. The maximum atomic E-state index is 11.5. The average Bonchev–Trinajstić information content (AvgIpc) is 3.05. The highest BCUT2D eigenvalue weighted by atomic mass is 16.5. The van der Waals surface area contributed by atoms with Crippen LogP contribution in [-0.2, 0) is 32.1 Å². The van der Waals surface area contributed by atoms with Crippen LogP contribution in [0.2, 0.25) is 0 Å². The Morgan fingerprint density at radius 1 is 0.622 bits per heavy atom. The largest absolute Gasteiger partial charge is 0.494 e. The summed E-state index contributed by atoms with van der Waals surface area (Å²) in [5.41, 5.74) is 8.85. The molecule has 4 aromatic carbocycles. The molecule has 0 amide bonds. The predicted molar refractivity (Wildman–Crippen MR) is 182 cm³/mol. The molecule has 0 saturated heterocycles. The number of ether oxygens (including phenoxy) is 3. The first-order chi connectivity index (χ1) is 21.6. The van der Waals surface area contributed by atoms with Crippen LogP contribution in [0.15, 0.2) is 116 Å². The fourth-order valence-corrected chi connectivity index (χ4v) is 4.72. The topological polar surface area (TPSA) is 61.8 Å². The van der Waals surface area contributed by atoms with Gasteiger partial charge >= 0.3 is 11.9 Å². The van der Waals surface area contributed by atoms with E-state index < -0.39 is 11.9 Å². The van der Waals surface area contributed by atoms with Crippen molar-refractivity contribution < 1.29 is 23.8 Å². The maximum Gasteiger partial charge on any atom is 0.330 e. The van der Waals surface area contributed by atoms with Gasteiger partial charge in [0.25, 0.3) is 0 Å². The van der Waals surface area contributed by atoms with E-state index in [1.54, 1.807) is 0 Å². The number of carbonyl (C=O) groups excluding carboxylic acids is 2. The van der Waals surface area contributed by atoms with E-state index >= 15 is 0 Å². The third kappa shape index (κ3) is 10.4. The first kappa shape index (κ1) is 33.0. The first-order valence-electron chi connectivity index (χ1n) is 15.3. The van der Waals surface area contributed by atoms with Crippen molar-refractivity contribution in [1.82, 2.24) is 0 Å². The Morgan fingerprint density at radius 3 is 1.58 bits per heavy atom. The third-order valence-electron chi connectivity index (χ3n) is 7.38. The zero-order valence-corrected chi connectivity index (χ0v) is 26.5. The standard InChI is InChI=1S/C40H42O5/c1-6-38(41)44-23-8-9-29-10-14-31(15-11-29)34-25-35(32-16-12-30(13-17-32)28-45-39(42)7-2)27-36(26-34)33-18-20-37(21-19-33)43-24-22-40(3,4)5/h6-7,10-21,25-27H,1-2,8-9,22-24,28H2,3-5H3. The highest BCUT2D eigenvalue weighted by Gasteiger charge is 2.11. The number of esters is 2. The van der Waals surface area contributed by atoms with E-state index in [1.807, 2.05) is 24.3 Å². The minimum absolute atomic E-state index is 0.198. The van der Waals surface area contributed by atoms with Crippen LogP contribution in [0.3, 0.4) is 0 Å². The highest BCUT2D eigenvalue weighted by Crippen LogP contribution is 2.34. The van der Waals surface area contributed by atoms with E-state index in [4.69, 9.17) is 14.2 Å². The van der Waals surface area contributed by atoms with E-state index in [0.717, 1.165) is 64.0 Å². The second kappa shape index (κ2) is 15.7. The van der Waals surface area contributed by atoms with Gasteiger partial charge < -0.3 is 14.2 Å². The van der Waals surface area contributed by atoms with E-state index in [9.17, 15) is 9.59 Å². The Morgan fingerprint density at radius 2 is 1.09 bits per heavy atom. The van der Waals surface area contributed by atoms with Gasteiger partial charge in [0, 0.05) is 12.2 Å². The maximum absolute atomic E-state index is 11.5. The molecule has 232 valence electrons. The Bertz CT molecular complexity index is 1590. The summed E-state index contributed by atoms with van der Waals surface area (Å²) >= 11 is 0. The van der Waals surface area contributed by atoms with Crippen molar-refractivity contribution in [2.75, 3.05) is 13.2 Å². The van der Waals surface area contributed by atoms with Gasteiger partial charge in [-0.15, -0.1) is 0 Å². The highest BCUT2D eigenvalue weighted by molar-refractivity contribution is 5.82. The summed E-state index contributed by atoms with van der Waals surface area (Å²) in [7, 11) is 0. The summed E-state index contributed by atoms with van der Waals surface area (Å²) in [6.45, 7) is 14.8. The number of rotatable bonds is 14. The summed E-state index contributed by atoms with van der Waals surface area (Å²) in [5.74, 6) is 0.0284. The van der Waals surface area contributed by atoms with Crippen molar-refractivity contribution in [2.45, 2.75) is 46.6 Å². The molecule has 4 aromatic rings. The fourth-order valence-electron chi connectivity index (χ4n) is 4.72. The molecule has 0 fully saturated rings. The van der Waals surface area contributed by atoms with Crippen molar-refractivity contribution in [3.05, 3.63) is 127 Å². The molecule has 0 heterocycles. The lowest BCUT2D eigenvalue weighted by atomic mass is 9.92. The fraction of sp³-hybridized carbons (Fsp3) is 0.250. The quantitative estimate of drug-likeness (QED) is 0.0817. The summed E-state index contributed by atoms with van der Waals surface area (Å²) in [5, 5.41) is 0. The smallest absolute Gasteiger partial charge is 0.330 e. The minimum atomic E-state index is -0.441. The van der Waals surface area contributed by atoms with Crippen LogP contribution in [0.4, 0.5) is 0 Å². The molecule has 0 saturated carbocycles. The average molecular weight is 603 g/mol. The van der Waals surface area contributed by atoms with E-state index in [-0.39, 0.29) is 12.0 Å². The Kier molecular flexibility index (Phi) is 11.5. The molecule has 0 radical (unpaired) electrons. The van der Waals surface area contributed by atoms with Crippen molar-refractivity contribution in [2.24, 2.45) is 5.41 Å². The van der Waals surface area contributed by atoms with Gasteiger partial charge in [-0.1, -0.05) is 94.6 Å². The predicted octanol–water partition coefficient (Wildman–Crippen LogP) is 9.39. The molecule has 0 spiro atoms. The number of hydrogen-bond donors (Lipinski definition) is 0. The van der Waals surface area contributed by atoms with Crippen LogP contribution in [0, 0.1) is 5.41 Å². The first-order valence-corrected chi connectivity index (χ1v) is 15.3. The lowest BCUT2D eigenvalue weighted by Gasteiger charge is -2.18. The Labute approximate surface area is 267 Å². The Hall–Kier alpha value is -4.90. The van der Waals surface area contributed by atoms with E-state index in [2.05, 4.69) is 101 Å². The molecule has 0 aromatic heterocycles. The molecule has 45 heavy (non-hydrogen) atoms. The number of benzene rings is 4. The van der Waals surface area contributed by atoms with Crippen LogP contribution in [0.1, 0.15) is 44.7 Å². The third-order valence-corrected chi connectivity index (χ3v) is 7.38. The second-order valence-corrected chi connectivity index (χ2v) is 12.2. The van der Waals surface area contributed by atoms with Crippen molar-refractivity contribution in [3.8, 4) is 39.1 Å². The zero-order valence-electron chi connectivity index (χ0n) is 26.5. The van der Waals surface area contributed by atoms with Gasteiger partial charge in [-0.05, 0) is 99.5 Å². The second-order valence-electron chi connectivity index (χ2n) is 12.2. The summed E-state index contributed by atoms with van der Waals surface area (Å²) in [6, 6.07) is 31.5. The molecule has 0 aliphatic heterocycles.